The van der Waals surface area contributed by atoms with Gasteiger partial charge < -0.3 is 19.5 Å². The number of nitrogens with one attached hydrogen (secondary N) is 1. The van der Waals surface area contributed by atoms with Crippen LogP contribution in [0.4, 0.5) is 0 Å². The van der Waals surface area contributed by atoms with Gasteiger partial charge in [-0.25, -0.2) is 0 Å². The summed E-state index contributed by atoms with van der Waals surface area (Å²) >= 11 is 0. The number of ether oxygens (including phenoxy) is 3. The first-order valence-electron chi connectivity index (χ1n) is 9.21. The quantitative estimate of drug-likeness (QED) is 0.728. The molecule has 0 fully saturated rings. The molecule has 0 saturated heterocycles. The molecular weight excluding hydrogens is 342 g/mol. The number of rotatable bonds is 9. The maximum atomic E-state index is 12.5. The predicted octanol–water partition coefficient (Wildman–Crippen LogP) is 3.84. The van der Waals surface area contributed by atoms with E-state index < -0.39 is 6.10 Å². The van der Waals surface area contributed by atoms with Crippen LogP contribution in [-0.2, 0) is 11.2 Å². The Kier molecular flexibility index (Phi) is 7.53. The van der Waals surface area contributed by atoms with E-state index in [4.69, 9.17) is 14.2 Å². The summed E-state index contributed by atoms with van der Waals surface area (Å²) in [5, 5.41) is 2.96. The van der Waals surface area contributed by atoms with Crippen LogP contribution < -0.4 is 19.5 Å². The summed E-state index contributed by atoms with van der Waals surface area (Å²) in [6.07, 6.45) is 0.804. The average molecular weight is 371 g/mol. The average Bonchev–Trinajstić information content (AvgIpc) is 2.67. The lowest BCUT2D eigenvalue weighted by atomic mass is 10.1. The fraction of sp³-hybridized carbons (Fsp3) is 0.409. The molecule has 27 heavy (non-hydrogen) atoms. The highest BCUT2D eigenvalue weighted by Crippen LogP contribution is 2.27. The third-order valence-corrected chi connectivity index (χ3v) is 4.42. The summed E-state index contributed by atoms with van der Waals surface area (Å²) in [5.41, 5.74) is 3.27. The third kappa shape index (κ3) is 5.64. The number of carbonyl (C=O) groups is 1. The molecule has 2 aromatic carbocycles. The second-order valence-electron chi connectivity index (χ2n) is 6.51. The van der Waals surface area contributed by atoms with Crippen molar-refractivity contribution in [2.24, 2.45) is 0 Å². The highest BCUT2D eigenvalue weighted by molar-refractivity contribution is 5.81. The van der Waals surface area contributed by atoms with E-state index in [9.17, 15) is 4.79 Å². The van der Waals surface area contributed by atoms with E-state index in [0.29, 0.717) is 30.9 Å². The first kappa shape index (κ1) is 20.6. The Morgan fingerprint density at radius 1 is 1.00 bits per heavy atom. The zero-order chi connectivity index (χ0) is 19.8. The van der Waals surface area contributed by atoms with E-state index in [2.05, 4.69) is 11.4 Å². The van der Waals surface area contributed by atoms with Gasteiger partial charge in [0.1, 0.15) is 5.75 Å². The molecule has 1 atom stereocenters. The van der Waals surface area contributed by atoms with Gasteiger partial charge >= 0.3 is 0 Å². The first-order valence-corrected chi connectivity index (χ1v) is 9.21. The molecule has 0 heterocycles. The number of aryl methyl sites for hydroxylation is 2. The van der Waals surface area contributed by atoms with Crippen LogP contribution in [-0.4, -0.2) is 32.8 Å². The molecule has 5 nitrogen and oxygen atoms in total. The lowest BCUT2D eigenvalue weighted by molar-refractivity contribution is -0.128. The zero-order valence-corrected chi connectivity index (χ0v) is 16.8. The summed E-state index contributed by atoms with van der Waals surface area (Å²) in [5.74, 6) is 2.03. The molecule has 1 N–H and O–H groups in total. The minimum Gasteiger partial charge on any atom is -0.493 e. The van der Waals surface area contributed by atoms with E-state index in [1.807, 2.05) is 51.1 Å². The van der Waals surface area contributed by atoms with Gasteiger partial charge in [0.2, 0.25) is 0 Å². The Hall–Kier alpha value is -2.69. The molecule has 0 aliphatic heterocycles. The fourth-order valence-corrected chi connectivity index (χ4v) is 2.89. The van der Waals surface area contributed by atoms with Crippen molar-refractivity contribution in [3.05, 3.63) is 53.1 Å². The van der Waals surface area contributed by atoms with Crippen LogP contribution in [0.3, 0.4) is 0 Å². The van der Waals surface area contributed by atoms with Crippen molar-refractivity contribution in [1.82, 2.24) is 5.32 Å². The molecule has 0 saturated carbocycles. The third-order valence-electron chi connectivity index (χ3n) is 4.42. The van der Waals surface area contributed by atoms with Crippen molar-refractivity contribution in [2.45, 2.75) is 39.7 Å². The molecule has 0 aliphatic rings. The lowest BCUT2D eigenvalue weighted by Crippen LogP contribution is -2.39. The van der Waals surface area contributed by atoms with E-state index >= 15 is 0 Å². The minimum atomic E-state index is -0.503. The smallest absolute Gasteiger partial charge is 0.261 e. The molecular formula is C22H29NO4. The van der Waals surface area contributed by atoms with Gasteiger partial charge in [0.15, 0.2) is 17.6 Å². The van der Waals surface area contributed by atoms with E-state index in [-0.39, 0.29) is 5.91 Å². The zero-order valence-electron chi connectivity index (χ0n) is 16.8. The molecule has 0 unspecified atom stereocenters. The van der Waals surface area contributed by atoms with Gasteiger partial charge in [-0.3, -0.25) is 4.79 Å². The SMILES string of the molecule is CC[C@H](Oc1ccc(C)cc1C)C(=O)NCCc1ccc(OC)c(OC)c1. The van der Waals surface area contributed by atoms with Gasteiger partial charge in [0.25, 0.3) is 5.91 Å². The highest BCUT2D eigenvalue weighted by atomic mass is 16.5. The van der Waals surface area contributed by atoms with Crippen LogP contribution in [0.25, 0.3) is 0 Å². The van der Waals surface area contributed by atoms with E-state index in [0.717, 1.165) is 16.9 Å². The van der Waals surface area contributed by atoms with Crippen LogP contribution in [0.15, 0.2) is 36.4 Å². The minimum absolute atomic E-state index is 0.0991. The Labute approximate surface area is 161 Å². The molecule has 0 spiro atoms. The Balaban J connectivity index is 1.91. The Morgan fingerprint density at radius 3 is 2.33 bits per heavy atom. The maximum absolute atomic E-state index is 12.5. The summed E-state index contributed by atoms with van der Waals surface area (Å²) in [6.45, 7) is 6.50. The molecule has 146 valence electrons. The molecule has 0 aliphatic carbocycles. The van der Waals surface area contributed by atoms with Gasteiger partial charge in [0, 0.05) is 6.54 Å². The number of carbonyl (C=O) groups excluding carboxylic acids is 1. The van der Waals surface area contributed by atoms with Gasteiger partial charge in [-0.15, -0.1) is 0 Å². The van der Waals surface area contributed by atoms with Crippen LogP contribution in [0.5, 0.6) is 17.2 Å². The van der Waals surface area contributed by atoms with Crippen LogP contribution >= 0.6 is 0 Å². The second kappa shape index (κ2) is 9.86. The molecule has 0 bridgehead atoms. The van der Waals surface area contributed by atoms with Gasteiger partial charge in [-0.2, -0.15) is 0 Å². The van der Waals surface area contributed by atoms with Crippen LogP contribution in [0.2, 0.25) is 0 Å². The first-order chi connectivity index (χ1) is 13.0. The summed E-state index contributed by atoms with van der Waals surface area (Å²) in [7, 11) is 3.22. The molecule has 0 aromatic heterocycles. The molecule has 2 rings (SSSR count). The van der Waals surface area contributed by atoms with Gasteiger partial charge in [-0.05, 0) is 56.0 Å². The maximum Gasteiger partial charge on any atom is 0.261 e. The standard InChI is InChI=1S/C22H29NO4/c1-6-18(27-19-9-7-15(2)13-16(19)3)22(24)23-12-11-17-8-10-20(25-4)21(14-17)26-5/h7-10,13-14,18H,6,11-12H2,1-5H3,(H,23,24)/t18-/m0/s1. The van der Waals surface area contributed by atoms with Crippen molar-refractivity contribution in [1.29, 1.82) is 0 Å². The van der Waals surface area contributed by atoms with Crippen molar-refractivity contribution in [3.8, 4) is 17.2 Å². The van der Waals surface area contributed by atoms with Crippen molar-refractivity contribution < 1.29 is 19.0 Å². The van der Waals surface area contributed by atoms with E-state index in [1.165, 1.54) is 5.56 Å². The predicted molar refractivity (Wildman–Crippen MR) is 107 cm³/mol. The lowest BCUT2D eigenvalue weighted by Gasteiger charge is -2.19. The van der Waals surface area contributed by atoms with Crippen LogP contribution in [0.1, 0.15) is 30.0 Å². The van der Waals surface area contributed by atoms with Crippen molar-refractivity contribution in [2.75, 3.05) is 20.8 Å². The number of amides is 1. The Morgan fingerprint density at radius 2 is 1.70 bits per heavy atom. The van der Waals surface area contributed by atoms with E-state index in [1.54, 1.807) is 14.2 Å². The summed E-state index contributed by atoms with van der Waals surface area (Å²) in [6, 6.07) is 11.7. The number of benzene rings is 2. The van der Waals surface area contributed by atoms with Crippen LogP contribution in [0, 0.1) is 13.8 Å². The summed E-state index contributed by atoms with van der Waals surface area (Å²) < 4.78 is 16.5. The monoisotopic (exact) mass is 371 g/mol. The van der Waals surface area contributed by atoms with Crippen molar-refractivity contribution in [3.63, 3.8) is 0 Å². The van der Waals surface area contributed by atoms with Crippen molar-refractivity contribution >= 4 is 5.91 Å². The largest absolute Gasteiger partial charge is 0.493 e. The number of methoxy groups -OCH3 is 2. The normalized spacial score (nSPS) is 11.6. The second-order valence-corrected chi connectivity index (χ2v) is 6.51. The number of hydrogen-bond donors (Lipinski definition) is 1. The topological polar surface area (TPSA) is 56.8 Å². The molecule has 1 amide bonds. The molecule has 2 aromatic rings. The molecule has 5 heteroatoms. The Bertz CT molecular complexity index is 773. The molecule has 0 radical (unpaired) electrons. The van der Waals surface area contributed by atoms with Gasteiger partial charge in [0.05, 0.1) is 14.2 Å². The highest BCUT2D eigenvalue weighted by Gasteiger charge is 2.18. The fourth-order valence-electron chi connectivity index (χ4n) is 2.89. The number of hydrogen-bond acceptors (Lipinski definition) is 4. The van der Waals surface area contributed by atoms with Gasteiger partial charge in [-0.1, -0.05) is 30.7 Å². The summed E-state index contributed by atoms with van der Waals surface area (Å²) in [4.78, 5) is 12.5.